The topological polar surface area (TPSA) is 9.23 Å². The molecule has 0 aromatic heterocycles. The van der Waals surface area contributed by atoms with Gasteiger partial charge in [-0.1, -0.05) is 23.2 Å². The quantitative estimate of drug-likeness (QED) is 0.689. The smallest absolute Gasteiger partial charge is 0.272 e. The number of hydrogen-bond donors (Lipinski definition) is 0. The fourth-order valence-electron chi connectivity index (χ4n) is 0.565. The van der Waals surface area contributed by atoms with Crippen LogP contribution >= 0.6 is 35.6 Å². The number of rotatable bonds is 2. The maximum absolute atomic E-state index is 11.5. The van der Waals surface area contributed by atoms with Crippen molar-refractivity contribution in [3.63, 3.8) is 0 Å². The fraction of sp³-hybridized carbons (Fsp3) is 0. The van der Waals surface area contributed by atoms with Crippen molar-refractivity contribution in [3.05, 3.63) is 28.2 Å². The first-order valence-electron chi connectivity index (χ1n) is 2.64. The molecule has 0 saturated carbocycles. The lowest BCUT2D eigenvalue weighted by Gasteiger charge is -1.98. The molecule has 0 unspecified atom stereocenters. The molecule has 0 radical (unpaired) electrons. The minimum atomic E-state index is -0.232. The van der Waals surface area contributed by atoms with Crippen molar-refractivity contribution in [1.82, 2.24) is 0 Å². The van der Waals surface area contributed by atoms with Gasteiger partial charge in [-0.25, -0.2) is 0 Å². The van der Waals surface area contributed by atoms with Crippen molar-refractivity contribution >= 4 is 35.6 Å². The Bertz CT molecular complexity index is 256. The molecule has 0 atom stereocenters. The zero-order valence-corrected chi connectivity index (χ0v) is 7.51. The van der Waals surface area contributed by atoms with Crippen LogP contribution in [0.2, 0.25) is 10.0 Å². The maximum Gasteiger partial charge on any atom is 0.272 e. The number of benzene rings is 1. The highest BCUT2D eigenvalue weighted by atomic mass is 35.5. The summed E-state index contributed by atoms with van der Waals surface area (Å²) in [6.07, 6.45) is 0. The van der Waals surface area contributed by atoms with E-state index in [1.54, 1.807) is 0 Å². The van der Waals surface area contributed by atoms with Crippen LogP contribution in [0.5, 0.6) is 5.75 Å². The molecular formula is C6H3Cl2FOS. The molecule has 5 heteroatoms. The van der Waals surface area contributed by atoms with Crippen LogP contribution < -0.4 is 4.18 Å². The molecule has 1 rings (SSSR count). The second kappa shape index (κ2) is 4.04. The van der Waals surface area contributed by atoms with Crippen molar-refractivity contribution in [2.75, 3.05) is 0 Å². The summed E-state index contributed by atoms with van der Waals surface area (Å²) in [7, 11) is 0. The summed E-state index contributed by atoms with van der Waals surface area (Å²) in [5.41, 5.74) is 0. The molecule has 0 bridgehead atoms. The summed E-state index contributed by atoms with van der Waals surface area (Å²) in [5, 5.41) is 0.765. The zero-order valence-electron chi connectivity index (χ0n) is 5.18. The minimum Gasteiger partial charge on any atom is -0.397 e. The molecule has 0 aliphatic carbocycles. The molecule has 1 aromatic carbocycles. The Hall–Kier alpha value is -0.120. The monoisotopic (exact) mass is 212 g/mol. The lowest BCUT2D eigenvalue weighted by atomic mass is 10.3. The van der Waals surface area contributed by atoms with Crippen molar-refractivity contribution in [2.24, 2.45) is 0 Å². The first-order chi connectivity index (χ1) is 5.24. The van der Waals surface area contributed by atoms with E-state index in [4.69, 9.17) is 23.2 Å². The Morgan fingerprint density at radius 1 is 1.27 bits per heavy atom. The van der Waals surface area contributed by atoms with E-state index in [1.165, 1.54) is 18.2 Å². The maximum atomic E-state index is 11.5. The molecule has 1 nitrogen and oxygen atoms in total. The van der Waals surface area contributed by atoms with Crippen LogP contribution in [-0.4, -0.2) is 0 Å². The average molecular weight is 213 g/mol. The van der Waals surface area contributed by atoms with E-state index < -0.39 is 0 Å². The average Bonchev–Trinajstić information content (AvgIpc) is 1.98. The van der Waals surface area contributed by atoms with E-state index in [0.717, 1.165) is 0 Å². The second-order valence-corrected chi connectivity index (χ2v) is 2.83. The second-order valence-electron chi connectivity index (χ2n) is 1.72. The highest BCUT2D eigenvalue weighted by molar-refractivity contribution is 7.89. The molecule has 0 N–H and O–H groups in total. The van der Waals surface area contributed by atoms with E-state index in [2.05, 4.69) is 4.18 Å². The third-order valence-corrected chi connectivity index (χ3v) is 2.01. The first-order valence-corrected chi connectivity index (χ1v) is 4.04. The Labute approximate surface area is 77.9 Å². The molecule has 11 heavy (non-hydrogen) atoms. The van der Waals surface area contributed by atoms with Crippen LogP contribution in [0.4, 0.5) is 3.89 Å². The van der Waals surface area contributed by atoms with Gasteiger partial charge < -0.3 is 4.18 Å². The Balaban J connectivity index is 2.86. The van der Waals surface area contributed by atoms with E-state index in [0.29, 0.717) is 15.8 Å². The first kappa shape index (κ1) is 8.97. The van der Waals surface area contributed by atoms with Crippen LogP contribution in [0.1, 0.15) is 0 Å². The van der Waals surface area contributed by atoms with Crippen molar-refractivity contribution in [2.45, 2.75) is 0 Å². The predicted octanol–water partition coefficient (Wildman–Crippen LogP) is 3.90. The van der Waals surface area contributed by atoms with Crippen LogP contribution in [0.3, 0.4) is 0 Å². The molecular weight excluding hydrogens is 210 g/mol. The van der Waals surface area contributed by atoms with Crippen LogP contribution in [0.25, 0.3) is 0 Å². The van der Waals surface area contributed by atoms with Crippen LogP contribution in [0, 0.1) is 0 Å². The van der Waals surface area contributed by atoms with Gasteiger partial charge in [0.1, 0.15) is 5.75 Å². The molecule has 0 aliphatic heterocycles. The van der Waals surface area contributed by atoms with Gasteiger partial charge in [-0.15, -0.1) is 3.89 Å². The van der Waals surface area contributed by atoms with Gasteiger partial charge in [-0.05, 0) is 12.1 Å². The molecule has 0 fully saturated rings. The van der Waals surface area contributed by atoms with E-state index in [9.17, 15) is 3.89 Å². The molecule has 0 spiro atoms. The van der Waals surface area contributed by atoms with Gasteiger partial charge in [0.25, 0.3) is 12.4 Å². The molecule has 60 valence electrons. The summed E-state index contributed by atoms with van der Waals surface area (Å²) < 4.78 is 16.0. The third-order valence-electron chi connectivity index (χ3n) is 1.02. The van der Waals surface area contributed by atoms with Crippen LogP contribution in [-0.2, 0) is 0 Å². The summed E-state index contributed by atoms with van der Waals surface area (Å²) in [4.78, 5) is 0. The number of hydrogen-bond acceptors (Lipinski definition) is 2. The minimum absolute atomic E-state index is 0.232. The van der Waals surface area contributed by atoms with Gasteiger partial charge in [0.15, 0.2) is 0 Å². The van der Waals surface area contributed by atoms with Gasteiger partial charge in [0.2, 0.25) is 0 Å². The highest BCUT2D eigenvalue weighted by Gasteiger charge is 1.99. The summed E-state index contributed by atoms with van der Waals surface area (Å²) in [5.74, 6) is 0.340. The van der Waals surface area contributed by atoms with Gasteiger partial charge >= 0.3 is 0 Å². The molecule has 0 saturated heterocycles. The third kappa shape index (κ3) is 2.43. The Morgan fingerprint density at radius 2 is 2.00 bits per heavy atom. The Morgan fingerprint density at radius 3 is 2.55 bits per heavy atom. The summed E-state index contributed by atoms with van der Waals surface area (Å²) >= 11 is 11.0. The van der Waals surface area contributed by atoms with Crippen molar-refractivity contribution in [3.8, 4) is 5.75 Å². The van der Waals surface area contributed by atoms with Gasteiger partial charge in [-0.2, -0.15) is 0 Å². The fourth-order valence-corrected chi connectivity index (χ4v) is 1.03. The SMILES string of the molecule is FSOc1ccc(Cl)c(Cl)c1. The largest absolute Gasteiger partial charge is 0.397 e. The van der Waals surface area contributed by atoms with Crippen molar-refractivity contribution < 1.29 is 8.07 Å². The summed E-state index contributed by atoms with van der Waals surface area (Å²) in [6.45, 7) is 0. The van der Waals surface area contributed by atoms with E-state index >= 15 is 0 Å². The molecule has 0 aliphatic rings. The summed E-state index contributed by atoms with van der Waals surface area (Å²) in [6, 6.07) is 4.51. The standard InChI is InChI=1S/C6H3Cl2FOS/c7-5-2-1-4(10-11-9)3-6(5)8/h1-3H. The lowest BCUT2D eigenvalue weighted by Crippen LogP contribution is -1.77. The molecule has 0 heterocycles. The number of halogens is 3. The van der Waals surface area contributed by atoms with Gasteiger partial charge in [-0.3, -0.25) is 0 Å². The van der Waals surface area contributed by atoms with Crippen molar-refractivity contribution in [1.29, 1.82) is 0 Å². The van der Waals surface area contributed by atoms with Crippen LogP contribution in [0.15, 0.2) is 18.2 Å². The zero-order chi connectivity index (χ0) is 8.27. The van der Waals surface area contributed by atoms with Gasteiger partial charge in [0, 0.05) is 6.07 Å². The molecule has 1 aromatic rings. The lowest BCUT2D eigenvalue weighted by molar-refractivity contribution is 0.611. The molecule has 0 amide bonds. The Kier molecular flexibility index (Phi) is 3.30. The van der Waals surface area contributed by atoms with Gasteiger partial charge in [0.05, 0.1) is 10.0 Å². The predicted molar refractivity (Wildman–Crippen MR) is 45.8 cm³/mol. The van der Waals surface area contributed by atoms with E-state index in [-0.39, 0.29) is 12.4 Å². The van der Waals surface area contributed by atoms with E-state index in [1.807, 2.05) is 0 Å². The normalized spacial score (nSPS) is 9.73. The highest BCUT2D eigenvalue weighted by Crippen LogP contribution is 2.27.